The molecule has 0 atom stereocenters. The molecule has 1 N–H and O–H groups in total. The molecule has 0 aliphatic rings. The number of nitrogens with zero attached hydrogens (tertiary/aromatic N) is 3. The quantitative estimate of drug-likeness (QED) is 0.864. The van der Waals surface area contributed by atoms with E-state index in [4.69, 9.17) is 0 Å². The lowest BCUT2D eigenvalue weighted by Crippen LogP contribution is -2.14. The second kappa shape index (κ2) is 4.78. The van der Waals surface area contributed by atoms with E-state index in [1.807, 2.05) is 31.2 Å². The van der Waals surface area contributed by atoms with Gasteiger partial charge in [-0.1, -0.05) is 29.8 Å². The Morgan fingerprint density at radius 2 is 2.06 bits per heavy atom. The second-order valence-corrected chi connectivity index (χ2v) is 3.93. The van der Waals surface area contributed by atoms with Gasteiger partial charge in [-0.25, -0.2) is 0 Å². The molecule has 0 saturated heterocycles. The van der Waals surface area contributed by atoms with Crippen LogP contribution in [0.15, 0.2) is 30.5 Å². The van der Waals surface area contributed by atoms with Gasteiger partial charge in [0, 0.05) is 7.05 Å². The van der Waals surface area contributed by atoms with Crippen molar-refractivity contribution in [3.05, 3.63) is 41.6 Å². The zero-order valence-electron chi connectivity index (χ0n) is 9.84. The summed E-state index contributed by atoms with van der Waals surface area (Å²) in [7, 11) is 1.70. The van der Waals surface area contributed by atoms with Crippen molar-refractivity contribution in [2.75, 3.05) is 5.32 Å². The summed E-state index contributed by atoms with van der Waals surface area (Å²) >= 11 is 0. The Bertz CT molecular complexity index is 516. The number of aryl methyl sites for hydroxylation is 2. The molecule has 0 saturated carbocycles. The average Bonchev–Trinajstić information content (AvgIpc) is 2.67. The largest absolute Gasteiger partial charge is 0.308 e. The number of nitrogens with one attached hydrogen (secondary N) is 1. The van der Waals surface area contributed by atoms with Gasteiger partial charge in [-0.15, -0.1) is 5.10 Å². The first kappa shape index (κ1) is 11.3. The molecule has 0 radical (unpaired) electrons. The monoisotopic (exact) mass is 230 g/mol. The van der Waals surface area contributed by atoms with Crippen LogP contribution < -0.4 is 5.32 Å². The van der Waals surface area contributed by atoms with Crippen molar-refractivity contribution in [3.8, 4) is 0 Å². The summed E-state index contributed by atoms with van der Waals surface area (Å²) in [5, 5.41) is 10.6. The van der Waals surface area contributed by atoms with Crippen LogP contribution in [0.5, 0.6) is 0 Å². The number of carbonyl (C=O) groups is 1. The number of amides is 1. The SMILES string of the molecule is Cc1ccc(CC(=O)Nc2cnn(C)n2)cc1. The smallest absolute Gasteiger partial charge is 0.230 e. The fourth-order valence-electron chi connectivity index (χ4n) is 1.48. The number of carbonyl (C=O) groups excluding carboxylic acids is 1. The third-order valence-electron chi connectivity index (χ3n) is 2.35. The topological polar surface area (TPSA) is 59.8 Å². The van der Waals surface area contributed by atoms with E-state index in [0.29, 0.717) is 12.2 Å². The van der Waals surface area contributed by atoms with E-state index in [2.05, 4.69) is 15.5 Å². The standard InChI is InChI=1S/C12H14N4O/c1-9-3-5-10(6-4-9)7-12(17)14-11-8-13-16(2)15-11/h3-6,8H,7H2,1-2H3,(H,14,15,17). The van der Waals surface area contributed by atoms with Crippen molar-refractivity contribution in [1.82, 2.24) is 15.0 Å². The fourth-order valence-corrected chi connectivity index (χ4v) is 1.48. The summed E-state index contributed by atoms with van der Waals surface area (Å²) < 4.78 is 0. The normalized spacial score (nSPS) is 10.2. The lowest BCUT2D eigenvalue weighted by molar-refractivity contribution is -0.115. The first-order chi connectivity index (χ1) is 8.13. The number of hydrogen-bond acceptors (Lipinski definition) is 3. The van der Waals surface area contributed by atoms with Gasteiger partial charge in [0.2, 0.25) is 5.91 Å². The van der Waals surface area contributed by atoms with Crippen LogP contribution in [0.25, 0.3) is 0 Å². The number of hydrogen-bond donors (Lipinski definition) is 1. The van der Waals surface area contributed by atoms with Gasteiger partial charge in [0.25, 0.3) is 0 Å². The van der Waals surface area contributed by atoms with Gasteiger partial charge in [0.05, 0.1) is 12.6 Å². The third kappa shape index (κ3) is 3.14. The zero-order chi connectivity index (χ0) is 12.3. The zero-order valence-corrected chi connectivity index (χ0v) is 9.84. The lowest BCUT2D eigenvalue weighted by atomic mass is 10.1. The summed E-state index contributed by atoms with van der Waals surface area (Å²) in [5.41, 5.74) is 2.17. The van der Waals surface area contributed by atoms with Crippen molar-refractivity contribution >= 4 is 11.7 Å². The molecule has 1 aromatic heterocycles. The van der Waals surface area contributed by atoms with Crippen LogP contribution in [0.1, 0.15) is 11.1 Å². The van der Waals surface area contributed by atoms with Crippen molar-refractivity contribution in [1.29, 1.82) is 0 Å². The maximum Gasteiger partial charge on any atom is 0.230 e. The molecule has 88 valence electrons. The summed E-state index contributed by atoms with van der Waals surface area (Å²) in [6, 6.07) is 7.88. The molecule has 1 heterocycles. The van der Waals surface area contributed by atoms with Gasteiger partial charge in [-0.2, -0.15) is 9.90 Å². The fraction of sp³-hybridized carbons (Fsp3) is 0.250. The molecular weight excluding hydrogens is 216 g/mol. The Labute approximate surface area is 99.5 Å². The molecule has 5 nitrogen and oxygen atoms in total. The predicted octanol–water partition coefficient (Wildman–Crippen LogP) is 1.30. The Morgan fingerprint density at radius 3 is 2.65 bits per heavy atom. The Balaban J connectivity index is 1.95. The third-order valence-corrected chi connectivity index (χ3v) is 2.35. The highest BCUT2D eigenvalue weighted by Gasteiger charge is 2.05. The Hall–Kier alpha value is -2.17. The number of rotatable bonds is 3. The summed E-state index contributed by atoms with van der Waals surface area (Å²) in [5.74, 6) is 0.388. The van der Waals surface area contributed by atoms with Crippen LogP contribution in [-0.4, -0.2) is 20.9 Å². The van der Waals surface area contributed by atoms with E-state index in [0.717, 1.165) is 5.56 Å². The molecule has 0 bridgehead atoms. The van der Waals surface area contributed by atoms with Gasteiger partial charge in [-0.3, -0.25) is 4.79 Å². The molecule has 1 amide bonds. The van der Waals surface area contributed by atoms with E-state index < -0.39 is 0 Å². The van der Waals surface area contributed by atoms with Gasteiger partial charge in [-0.05, 0) is 12.5 Å². The van der Waals surface area contributed by atoms with E-state index in [-0.39, 0.29) is 5.91 Å². The molecule has 2 aromatic rings. The Kier molecular flexibility index (Phi) is 3.18. The second-order valence-electron chi connectivity index (χ2n) is 3.93. The molecule has 0 fully saturated rings. The highest BCUT2D eigenvalue weighted by molar-refractivity contribution is 5.91. The summed E-state index contributed by atoms with van der Waals surface area (Å²) in [6.07, 6.45) is 1.86. The molecule has 2 rings (SSSR count). The summed E-state index contributed by atoms with van der Waals surface area (Å²) in [4.78, 5) is 13.1. The molecule has 0 aliphatic heterocycles. The Morgan fingerprint density at radius 1 is 1.35 bits per heavy atom. The van der Waals surface area contributed by atoms with Crippen molar-refractivity contribution in [3.63, 3.8) is 0 Å². The predicted molar refractivity (Wildman–Crippen MR) is 64.5 cm³/mol. The first-order valence-electron chi connectivity index (χ1n) is 5.35. The van der Waals surface area contributed by atoms with E-state index in [9.17, 15) is 4.79 Å². The van der Waals surface area contributed by atoms with Crippen LogP contribution in [0.4, 0.5) is 5.82 Å². The van der Waals surface area contributed by atoms with Crippen molar-refractivity contribution in [2.24, 2.45) is 7.05 Å². The minimum absolute atomic E-state index is 0.0886. The van der Waals surface area contributed by atoms with Gasteiger partial charge in [0.1, 0.15) is 0 Å². The maximum absolute atomic E-state index is 11.7. The first-order valence-corrected chi connectivity index (χ1v) is 5.35. The molecule has 0 unspecified atom stereocenters. The maximum atomic E-state index is 11.7. The van der Waals surface area contributed by atoms with E-state index in [1.165, 1.54) is 16.6 Å². The average molecular weight is 230 g/mol. The van der Waals surface area contributed by atoms with Crippen molar-refractivity contribution in [2.45, 2.75) is 13.3 Å². The lowest BCUT2D eigenvalue weighted by Gasteiger charge is -2.02. The van der Waals surface area contributed by atoms with E-state index >= 15 is 0 Å². The molecule has 0 spiro atoms. The van der Waals surface area contributed by atoms with Gasteiger partial charge < -0.3 is 5.32 Å². The van der Waals surface area contributed by atoms with E-state index in [1.54, 1.807) is 7.05 Å². The molecule has 1 aromatic carbocycles. The summed E-state index contributed by atoms with van der Waals surface area (Å²) in [6.45, 7) is 2.02. The van der Waals surface area contributed by atoms with Crippen LogP contribution in [-0.2, 0) is 18.3 Å². The highest BCUT2D eigenvalue weighted by atomic mass is 16.1. The molecule has 5 heteroatoms. The minimum Gasteiger partial charge on any atom is -0.308 e. The van der Waals surface area contributed by atoms with Crippen molar-refractivity contribution < 1.29 is 4.79 Å². The molecular formula is C12H14N4O. The molecule has 17 heavy (non-hydrogen) atoms. The number of benzene rings is 1. The minimum atomic E-state index is -0.0886. The van der Waals surface area contributed by atoms with Gasteiger partial charge in [0.15, 0.2) is 5.82 Å². The molecule has 0 aliphatic carbocycles. The number of anilines is 1. The van der Waals surface area contributed by atoms with Crippen LogP contribution in [0.2, 0.25) is 0 Å². The highest BCUT2D eigenvalue weighted by Crippen LogP contribution is 2.05. The van der Waals surface area contributed by atoms with Gasteiger partial charge >= 0.3 is 0 Å². The van der Waals surface area contributed by atoms with Crippen LogP contribution in [0.3, 0.4) is 0 Å². The number of aromatic nitrogens is 3. The van der Waals surface area contributed by atoms with Crippen LogP contribution in [0, 0.1) is 6.92 Å². The van der Waals surface area contributed by atoms with Crippen LogP contribution >= 0.6 is 0 Å².